The first-order valence-electron chi connectivity index (χ1n) is 8.04. The summed E-state index contributed by atoms with van der Waals surface area (Å²) >= 11 is 1.64. The molecule has 0 spiro atoms. The Morgan fingerprint density at radius 2 is 2.17 bits per heavy atom. The third-order valence-corrected chi connectivity index (χ3v) is 5.03. The summed E-state index contributed by atoms with van der Waals surface area (Å²) in [5.74, 6) is 0.880. The lowest BCUT2D eigenvalue weighted by molar-refractivity contribution is -0.0351. The minimum absolute atomic E-state index is 0.0539. The van der Waals surface area contributed by atoms with Crippen LogP contribution in [0.4, 0.5) is 0 Å². The van der Waals surface area contributed by atoms with Crippen LogP contribution in [0.1, 0.15) is 22.4 Å². The third-order valence-electron chi connectivity index (χ3n) is 4.16. The molecular formula is C18H19N3O2S. The standard InChI is InChI=1S/C18H19N3O2S/c1-13-2-4-14(5-3-13)16-10-15(23-20-16)11-21-7-8-22-17(12-21)18-19-6-9-24-18/h2-6,9-10,17H,7-8,11-12H2,1H3/t17-/m0/s1. The van der Waals surface area contributed by atoms with Gasteiger partial charge in [-0.15, -0.1) is 11.3 Å². The molecule has 0 N–H and O–H groups in total. The molecule has 1 aliphatic rings. The van der Waals surface area contributed by atoms with E-state index in [2.05, 4.69) is 46.2 Å². The maximum atomic E-state index is 5.84. The van der Waals surface area contributed by atoms with Gasteiger partial charge in [0.1, 0.15) is 16.8 Å². The van der Waals surface area contributed by atoms with Crippen LogP contribution in [0.15, 0.2) is 46.4 Å². The average Bonchev–Trinajstić information content (AvgIpc) is 3.28. The van der Waals surface area contributed by atoms with Crippen LogP contribution < -0.4 is 0 Å². The summed E-state index contributed by atoms with van der Waals surface area (Å²) in [6.07, 6.45) is 1.88. The van der Waals surface area contributed by atoms with E-state index in [1.54, 1.807) is 11.3 Å². The Morgan fingerprint density at radius 1 is 1.29 bits per heavy atom. The van der Waals surface area contributed by atoms with E-state index in [9.17, 15) is 0 Å². The van der Waals surface area contributed by atoms with E-state index in [0.29, 0.717) is 6.61 Å². The fraction of sp³-hybridized carbons (Fsp3) is 0.333. The molecular weight excluding hydrogens is 322 g/mol. The molecule has 124 valence electrons. The van der Waals surface area contributed by atoms with Gasteiger partial charge >= 0.3 is 0 Å². The quantitative estimate of drug-likeness (QED) is 0.724. The second-order valence-electron chi connectivity index (χ2n) is 6.01. The zero-order valence-electron chi connectivity index (χ0n) is 13.5. The van der Waals surface area contributed by atoms with Crippen LogP contribution in [-0.2, 0) is 11.3 Å². The summed E-state index contributed by atoms with van der Waals surface area (Å²) < 4.78 is 11.4. The molecule has 0 amide bonds. The number of ether oxygens (including phenoxy) is 1. The van der Waals surface area contributed by atoms with Gasteiger partial charge in [-0.3, -0.25) is 4.90 Å². The fourth-order valence-electron chi connectivity index (χ4n) is 2.86. The van der Waals surface area contributed by atoms with Crippen LogP contribution in [0.25, 0.3) is 11.3 Å². The van der Waals surface area contributed by atoms with Gasteiger partial charge in [0.15, 0.2) is 5.76 Å². The summed E-state index contributed by atoms with van der Waals surface area (Å²) in [6.45, 7) is 5.25. The van der Waals surface area contributed by atoms with Gasteiger partial charge in [-0.25, -0.2) is 4.98 Å². The molecule has 0 aliphatic carbocycles. The zero-order chi connectivity index (χ0) is 16.4. The second-order valence-corrected chi connectivity index (χ2v) is 6.94. The topological polar surface area (TPSA) is 51.4 Å². The maximum Gasteiger partial charge on any atom is 0.151 e. The lowest BCUT2D eigenvalue weighted by atomic mass is 10.1. The van der Waals surface area contributed by atoms with Crippen molar-refractivity contribution in [2.75, 3.05) is 19.7 Å². The van der Waals surface area contributed by atoms with Gasteiger partial charge in [0.05, 0.1) is 13.2 Å². The molecule has 3 heterocycles. The minimum atomic E-state index is 0.0539. The maximum absolute atomic E-state index is 5.84. The van der Waals surface area contributed by atoms with Gasteiger partial charge in [0.25, 0.3) is 0 Å². The van der Waals surface area contributed by atoms with Crippen molar-refractivity contribution in [2.45, 2.75) is 19.6 Å². The number of hydrogen-bond acceptors (Lipinski definition) is 6. The Morgan fingerprint density at radius 3 is 2.96 bits per heavy atom. The molecule has 0 bridgehead atoms. The molecule has 4 rings (SSSR count). The van der Waals surface area contributed by atoms with Gasteiger partial charge < -0.3 is 9.26 Å². The highest BCUT2D eigenvalue weighted by Crippen LogP contribution is 2.26. The fourth-order valence-corrected chi connectivity index (χ4v) is 3.53. The Hall–Kier alpha value is -2.02. The Balaban J connectivity index is 1.43. The van der Waals surface area contributed by atoms with Gasteiger partial charge in [0, 0.05) is 36.3 Å². The van der Waals surface area contributed by atoms with E-state index in [1.807, 2.05) is 17.6 Å². The number of aromatic nitrogens is 2. The predicted octanol–water partition coefficient (Wildman–Crippen LogP) is 3.68. The number of morpholine rings is 1. The lowest BCUT2D eigenvalue weighted by Gasteiger charge is -2.31. The Kier molecular flexibility index (Phi) is 4.42. The molecule has 2 aromatic heterocycles. The Bertz CT molecular complexity index is 783. The molecule has 0 radical (unpaired) electrons. The van der Waals surface area contributed by atoms with E-state index in [4.69, 9.17) is 9.26 Å². The molecule has 3 aromatic rings. The average molecular weight is 341 g/mol. The molecule has 1 fully saturated rings. The third kappa shape index (κ3) is 3.40. The van der Waals surface area contributed by atoms with Gasteiger partial charge in [-0.2, -0.15) is 0 Å². The van der Waals surface area contributed by atoms with E-state index in [1.165, 1.54) is 5.56 Å². The first-order valence-corrected chi connectivity index (χ1v) is 8.92. The molecule has 1 aliphatic heterocycles. The van der Waals surface area contributed by atoms with Crippen molar-refractivity contribution in [1.82, 2.24) is 15.0 Å². The molecule has 1 atom stereocenters. The van der Waals surface area contributed by atoms with Crippen LogP contribution in [0.5, 0.6) is 0 Å². The number of benzene rings is 1. The smallest absolute Gasteiger partial charge is 0.151 e. The first-order chi connectivity index (χ1) is 11.8. The molecule has 24 heavy (non-hydrogen) atoms. The number of thiazole rings is 1. The van der Waals surface area contributed by atoms with Crippen LogP contribution in [-0.4, -0.2) is 34.7 Å². The largest absolute Gasteiger partial charge is 0.368 e. The van der Waals surface area contributed by atoms with Gasteiger partial charge in [-0.05, 0) is 6.92 Å². The molecule has 0 saturated carbocycles. The highest BCUT2D eigenvalue weighted by molar-refractivity contribution is 7.09. The molecule has 1 aromatic carbocycles. The van der Waals surface area contributed by atoms with Crippen LogP contribution in [0, 0.1) is 6.92 Å². The van der Waals surface area contributed by atoms with Crippen molar-refractivity contribution in [2.24, 2.45) is 0 Å². The zero-order valence-corrected chi connectivity index (χ0v) is 14.3. The van der Waals surface area contributed by atoms with Crippen LogP contribution in [0.3, 0.4) is 0 Å². The molecule has 1 saturated heterocycles. The highest BCUT2D eigenvalue weighted by Gasteiger charge is 2.24. The second kappa shape index (κ2) is 6.84. The molecule has 5 nitrogen and oxygen atoms in total. The number of nitrogens with zero attached hydrogens (tertiary/aromatic N) is 3. The summed E-state index contributed by atoms with van der Waals surface area (Å²) in [4.78, 5) is 6.69. The normalized spacial score (nSPS) is 18.8. The van der Waals surface area contributed by atoms with Crippen LogP contribution >= 0.6 is 11.3 Å². The summed E-state index contributed by atoms with van der Waals surface area (Å²) in [5.41, 5.74) is 3.21. The van der Waals surface area contributed by atoms with Crippen LogP contribution in [0.2, 0.25) is 0 Å². The Labute approximate surface area is 144 Å². The van der Waals surface area contributed by atoms with Crippen molar-refractivity contribution in [3.63, 3.8) is 0 Å². The highest BCUT2D eigenvalue weighted by atomic mass is 32.1. The first kappa shape index (κ1) is 15.5. The monoisotopic (exact) mass is 341 g/mol. The van der Waals surface area contributed by atoms with Crippen molar-refractivity contribution >= 4 is 11.3 Å². The van der Waals surface area contributed by atoms with Crippen molar-refractivity contribution in [3.8, 4) is 11.3 Å². The van der Waals surface area contributed by atoms with E-state index in [0.717, 1.165) is 41.7 Å². The number of hydrogen-bond donors (Lipinski definition) is 0. The van der Waals surface area contributed by atoms with E-state index >= 15 is 0 Å². The van der Waals surface area contributed by atoms with E-state index < -0.39 is 0 Å². The minimum Gasteiger partial charge on any atom is -0.368 e. The molecule has 6 heteroatoms. The van der Waals surface area contributed by atoms with Crippen molar-refractivity contribution < 1.29 is 9.26 Å². The van der Waals surface area contributed by atoms with Gasteiger partial charge in [0.2, 0.25) is 0 Å². The van der Waals surface area contributed by atoms with Crippen molar-refractivity contribution in [1.29, 1.82) is 0 Å². The predicted molar refractivity (Wildman–Crippen MR) is 92.8 cm³/mol. The molecule has 0 unspecified atom stereocenters. The lowest BCUT2D eigenvalue weighted by Crippen LogP contribution is -2.37. The van der Waals surface area contributed by atoms with Crippen molar-refractivity contribution in [3.05, 3.63) is 58.2 Å². The van der Waals surface area contributed by atoms with Gasteiger partial charge in [-0.1, -0.05) is 35.0 Å². The van der Waals surface area contributed by atoms with E-state index in [-0.39, 0.29) is 6.10 Å². The number of rotatable bonds is 4. The summed E-state index contributed by atoms with van der Waals surface area (Å²) in [7, 11) is 0. The summed E-state index contributed by atoms with van der Waals surface area (Å²) in [5, 5.41) is 7.23. The number of aryl methyl sites for hydroxylation is 1. The SMILES string of the molecule is Cc1ccc(-c2cc(CN3CCO[C@H](c4nccs4)C3)on2)cc1. The summed E-state index contributed by atoms with van der Waals surface area (Å²) in [6, 6.07) is 10.3.